The summed E-state index contributed by atoms with van der Waals surface area (Å²) in [7, 11) is 0. The van der Waals surface area contributed by atoms with E-state index in [-0.39, 0.29) is 11.9 Å². The lowest BCUT2D eigenvalue weighted by Gasteiger charge is -2.16. The number of rotatable bonds is 4. The standard InChI is InChI=1S/C19H22N2O2/c1-14-4-2-5-15(10-14)13-23-18-7-3-6-16(11-18)19(22)21-9-8-17(20)12-21/h2-7,10-11,17H,8-9,12-13,20H2,1H3/t17-/m0/s1. The number of hydrogen-bond donors (Lipinski definition) is 1. The number of ether oxygens (including phenoxy) is 1. The van der Waals surface area contributed by atoms with E-state index in [0.717, 1.165) is 18.5 Å². The Bertz CT molecular complexity index is 699. The summed E-state index contributed by atoms with van der Waals surface area (Å²) in [5, 5.41) is 0. The van der Waals surface area contributed by atoms with Crippen molar-refractivity contribution in [3.63, 3.8) is 0 Å². The number of benzene rings is 2. The van der Waals surface area contributed by atoms with Crippen molar-refractivity contribution in [2.75, 3.05) is 13.1 Å². The van der Waals surface area contributed by atoms with E-state index in [0.29, 0.717) is 24.5 Å². The summed E-state index contributed by atoms with van der Waals surface area (Å²) in [6.45, 7) is 3.92. The van der Waals surface area contributed by atoms with Crippen molar-refractivity contribution in [2.45, 2.75) is 26.0 Å². The zero-order chi connectivity index (χ0) is 16.2. The first-order chi connectivity index (χ1) is 11.1. The minimum absolute atomic E-state index is 0.0268. The van der Waals surface area contributed by atoms with Gasteiger partial charge in [0, 0.05) is 24.7 Å². The molecule has 1 fully saturated rings. The van der Waals surface area contributed by atoms with E-state index in [1.165, 1.54) is 5.56 Å². The fraction of sp³-hybridized carbons (Fsp3) is 0.316. The molecular weight excluding hydrogens is 288 g/mol. The zero-order valence-corrected chi connectivity index (χ0v) is 13.4. The third kappa shape index (κ3) is 3.90. The summed E-state index contributed by atoms with van der Waals surface area (Å²) in [5.41, 5.74) is 8.86. The van der Waals surface area contributed by atoms with Crippen LogP contribution < -0.4 is 10.5 Å². The van der Waals surface area contributed by atoms with Crippen LogP contribution in [0.5, 0.6) is 5.75 Å². The second-order valence-corrected chi connectivity index (χ2v) is 6.11. The molecule has 1 amide bonds. The molecule has 0 radical (unpaired) electrons. The van der Waals surface area contributed by atoms with Gasteiger partial charge in [-0.25, -0.2) is 0 Å². The van der Waals surface area contributed by atoms with Gasteiger partial charge in [-0.05, 0) is 37.1 Å². The summed E-state index contributed by atoms with van der Waals surface area (Å²) in [6.07, 6.45) is 0.870. The number of nitrogens with two attached hydrogens (primary N) is 1. The Kier molecular flexibility index (Phi) is 4.63. The maximum atomic E-state index is 12.5. The van der Waals surface area contributed by atoms with Crippen LogP contribution >= 0.6 is 0 Å². The molecule has 1 heterocycles. The summed E-state index contributed by atoms with van der Waals surface area (Å²) in [6, 6.07) is 15.7. The highest BCUT2D eigenvalue weighted by Crippen LogP contribution is 2.19. The Balaban J connectivity index is 1.66. The second kappa shape index (κ2) is 6.84. The van der Waals surface area contributed by atoms with Crippen LogP contribution in [0.25, 0.3) is 0 Å². The molecule has 0 aromatic heterocycles. The second-order valence-electron chi connectivity index (χ2n) is 6.11. The normalized spacial score (nSPS) is 17.3. The van der Waals surface area contributed by atoms with E-state index < -0.39 is 0 Å². The lowest BCUT2D eigenvalue weighted by Crippen LogP contribution is -2.31. The quantitative estimate of drug-likeness (QED) is 0.944. The van der Waals surface area contributed by atoms with E-state index in [1.54, 1.807) is 0 Å². The average molecular weight is 310 g/mol. The topological polar surface area (TPSA) is 55.6 Å². The molecule has 0 bridgehead atoms. The van der Waals surface area contributed by atoms with Gasteiger partial charge in [-0.1, -0.05) is 35.9 Å². The third-order valence-corrected chi connectivity index (χ3v) is 4.08. The van der Waals surface area contributed by atoms with Gasteiger partial charge in [-0.15, -0.1) is 0 Å². The highest BCUT2D eigenvalue weighted by molar-refractivity contribution is 5.94. The number of aryl methyl sites for hydroxylation is 1. The van der Waals surface area contributed by atoms with E-state index in [9.17, 15) is 4.79 Å². The molecule has 1 aliphatic heterocycles. The molecule has 0 unspecified atom stereocenters. The lowest BCUT2D eigenvalue weighted by atomic mass is 10.1. The predicted octanol–water partition coefficient (Wildman–Crippen LogP) is 2.75. The van der Waals surface area contributed by atoms with E-state index in [2.05, 4.69) is 19.1 Å². The van der Waals surface area contributed by atoms with E-state index >= 15 is 0 Å². The minimum atomic E-state index is 0.0268. The zero-order valence-electron chi connectivity index (χ0n) is 13.4. The Morgan fingerprint density at radius 3 is 2.83 bits per heavy atom. The van der Waals surface area contributed by atoms with Crippen molar-refractivity contribution < 1.29 is 9.53 Å². The van der Waals surface area contributed by atoms with Crippen LogP contribution in [0.15, 0.2) is 48.5 Å². The van der Waals surface area contributed by atoms with Gasteiger partial charge in [-0.3, -0.25) is 4.79 Å². The van der Waals surface area contributed by atoms with Crippen molar-refractivity contribution in [3.8, 4) is 5.75 Å². The van der Waals surface area contributed by atoms with Crippen LogP contribution in [-0.4, -0.2) is 29.9 Å². The summed E-state index contributed by atoms with van der Waals surface area (Å²) < 4.78 is 5.83. The highest BCUT2D eigenvalue weighted by Gasteiger charge is 2.24. The van der Waals surface area contributed by atoms with Crippen molar-refractivity contribution in [1.82, 2.24) is 4.90 Å². The molecule has 0 saturated carbocycles. The van der Waals surface area contributed by atoms with Gasteiger partial charge in [0.05, 0.1) is 0 Å². The van der Waals surface area contributed by atoms with Crippen molar-refractivity contribution in [3.05, 3.63) is 65.2 Å². The molecule has 0 aliphatic carbocycles. The van der Waals surface area contributed by atoms with Crippen LogP contribution in [0.2, 0.25) is 0 Å². The molecular formula is C19H22N2O2. The molecule has 4 nitrogen and oxygen atoms in total. The molecule has 3 rings (SSSR count). The molecule has 0 spiro atoms. The molecule has 2 aromatic carbocycles. The molecule has 1 saturated heterocycles. The number of nitrogens with zero attached hydrogens (tertiary/aromatic N) is 1. The number of amides is 1. The number of likely N-dealkylation sites (tertiary alicyclic amines) is 1. The Labute approximate surface area is 136 Å². The molecule has 1 aliphatic rings. The molecule has 4 heteroatoms. The predicted molar refractivity (Wildman–Crippen MR) is 90.4 cm³/mol. The summed E-state index contributed by atoms with van der Waals surface area (Å²) in [4.78, 5) is 14.3. The number of carbonyl (C=O) groups is 1. The van der Waals surface area contributed by atoms with E-state index in [4.69, 9.17) is 10.5 Å². The van der Waals surface area contributed by atoms with Crippen LogP contribution in [0.1, 0.15) is 27.9 Å². The maximum Gasteiger partial charge on any atom is 0.254 e. The Hall–Kier alpha value is -2.33. The Morgan fingerprint density at radius 2 is 2.09 bits per heavy atom. The first kappa shape index (κ1) is 15.6. The van der Waals surface area contributed by atoms with E-state index in [1.807, 2.05) is 41.3 Å². The highest BCUT2D eigenvalue weighted by atomic mass is 16.5. The fourth-order valence-electron chi connectivity index (χ4n) is 2.84. The lowest BCUT2D eigenvalue weighted by molar-refractivity contribution is 0.0790. The fourth-order valence-corrected chi connectivity index (χ4v) is 2.84. The van der Waals surface area contributed by atoms with Crippen LogP contribution in [0, 0.1) is 6.92 Å². The SMILES string of the molecule is Cc1cccc(COc2cccc(C(=O)N3CC[C@H](N)C3)c2)c1. The molecule has 2 N–H and O–H groups in total. The monoisotopic (exact) mass is 310 g/mol. The van der Waals surface area contributed by atoms with Crippen molar-refractivity contribution >= 4 is 5.91 Å². The van der Waals surface area contributed by atoms with Gasteiger partial charge in [0.2, 0.25) is 0 Å². The van der Waals surface area contributed by atoms with Crippen LogP contribution in [-0.2, 0) is 6.61 Å². The van der Waals surface area contributed by atoms with Gasteiger partial charge in [0.15, 0.2) is 0 Å². The molecule has 1 atom stereocenters. The van der Waals surface area contributed by atoms with Gasteiger partial charge >= 0.3 is 0 Å². The first-order valence-electron chi connectivity index (χ1n) is 7.95. The maximum absolute atomic E-state index is 12.5. The molecule has 23 heavy (non-hydrogen) atoms. The average Bonchev–Trinajstić information content (AvgIpc) is 2.99. The first-order valence-corrected chi connectivity index (χ1v) is 7.95. The smallest absolute Gasteiger partial charge is 0.254 e. The van der Waals surface area contributed by atoms with Crippen molar-refractivity contribution in [2.24, 2.45) is 5.73 Å². The van der Waals surface area contributed by atoms with Crippen LogP contribution in [0.3, 0.4) is 0 Å². The molecule has 120 valence electrons. The number of hydrogen-bond acceptors (Lipinski definition) is 3. The largest absolute Gasteiger partial charge is 0.489 e. The molecule has 2 aromatic rings. The van der Waals surface area contributed by atoms with Crippen molar-refractivity contribution in [1.29, 1.82) is 0 Å². The Morgan fingerprint density at radius 1 is 1.26 bits per heavy atom. The van der Waals surface area contributed by atoms with Gasteiger partial charge in [0.25, 0.3) is 5.91 Å². The number of carbonyl (C=O) groups excluding carboxylic acids is 1. The van der Waals surface area contributed by atoms with Gasteiger partial charge in [-0.2, -0.15) is 0 Å². The van der Waals surface area contributed by atoms with Gasteiger partial charge < -0.3 is 15.4 Å². The van der Waals surface area contributed by atoms with Crippen LogP contribution in [0.4, 0.5) is 0 Å². The third-order valence-electron chi connectivity index (χ3n) is 4.08. The summed E-state index contributed by atoms with van der Waals surface area (Å²) >= 11 is 0. The van der Waals surface area contributed by atoms with Gasteiger partial charge in [0.1, 0.15) is 12.4 Å². The minimum Gasteiger partial charge on any atom is -0.489 e. The summed E-state index contributed by atoms with van der Waals surface area (Å²) in [5.74, 6) is 0.736.